The van der Waals surface area contributed by atoms with Gasteiger partial charge in [-0.1, -0.05) is 0 Å². The molecular weight excluding hydrogens is 199 g/mol. The van der Waals surface area contributed by atoms with Gasteiger partial charge in [-0.05, 0) is 30.7 Å². The molecule has 2 rings (SSSR count). The third kappa shape index (κ3) is 2.46. The number of benzene rings is 1. The summed E-state index contributed by atoms with van der Waals surface area (Å²) in [4.78, 5) is 10.5. The number of aliphatic carboxylic acids is 1. The second-order valence-corrected chi connectivity index (χ2v) is 3.71. The number of carboxylic acid groups (broad SMARTS) is 1. The van der Waals surface area contributed by atoms with Crippen molar-refractivity contribution in [3.8, 4) is 5.75 Å². The van der Waals surface area contributed by atoms with Crippen LogP contribution in [0.3, 0.4) is 0 Å². The summed E-state index contributed by atoms with van der Waals surface area (Å²) in [6, 6.07) is 5.70. The summed E-state index contributed by atoms with van der Waals surface area (Å²) in [5, 5.41) is 8.65. The molecular formula is C11H11FO3. The molecule has 1 aromatic carbocycles. The van der Waals surface area contributed by atoms with Gasteiger partial charge in [0.25, 0.3) is 0 Å². The SMILES string of the molecule is O=C(O)[C@@H]1C[C@H]1COc1ccc(F)cc1. The fourth-order valence-electron chi connectivity index (χ4n) is 1.47. The van der Waals surface area contributed by atoms with Crippen LogP contribution in [0.25, 0.3) is 0 Å². The third-order valence-corrected chi connectivity index (χ3v) is 2.52. The van der Waals surface area contributed by atoms with Crippen LogP contribution < -0.4 is 4.74 Å². The summed E-state index contributed by atoms with van der Waals surface area (Å²) in [6.45, 7) is 0.391. The molecule has 0 unspecified atom stereocenters. The van der Waals surface area contributed by atoms with Gasteiger partial charge in [-0.25, -0.2) is 4.39 Å². The molecule has 0 aromatic heterocycles. The first-order valence-electron chi connectivity index (χ1n) is 4.78. The summed E-state index contributed by atoms with van der Waals surface area (Å²) < 4.78 is 17.9. The van der Waals surface area contributed by atoms with E-state index in [0.29, 0.717) is 18.8 Å². The molecule has 1 aliphatic carbocycles. The summed E-state index contributed by atoms with van der Waals surface area (Å²) in [6.07, 6.45) is 0.677. The average molecular weight is 210 g/mol. The second-order valence-electron chi connectivity index (χ2n) is 3.71. The molecule has 2 atom stereocenters. The number of carbonyl (C=O) groups is 1. The molecule has 1 fully saturated rings. The van der Waals surface area contributed by atoms with Crippen molar-refractivity contribution in [2.24, 2.45) is 11.8 Å². The minimum absolute atomic E-state index is 0.104. The highest BCUT2D eigenvalue weighted by atomic mass is 19.1. The van der Waals surface area contributed by atoms with Crippen molar-refractivity contribution in [1.82, 2.24) is 0 Å². The number of ether oxygens (including phenoxy) is 1. The molecule has 0 saturated heterocycles. The van der Waals surface area contributed by atoms with Crippen molar-refractivity contribution >= 4 is 5.97 Å². The molecule has 1 N–H and O–H groups in total. The lowest BCUT2D eigenvalue weighted by Gasteiger charge is -2.04. The fourth-order valence-corrected chi connectivity index (χ4v) is 1.47. The minimum atomic E-state index is -0.761. The number of hydrogen-bond donors (Lipinski definition) is 1. The number of carboxylic acids is 1. The van der Waals surface area contributed by atoms with Gasteiger partial charge in [0.2, 0.25) is 0 Å². The van der Waals surface area contributed by atoms with E-state index in [9.17, 15) is 9.18 Å². The highest BCUT2D eigenvalue weighted by Crippen LogP contribution is 2.38. The van der Waals surface area contributed by atoms with Gasteiger partial charge < -0.3 is 9.84 Å². The molecule has 0 heterocycles. The highest BCUT2D eigenvalue weighted by Gasteiger charge is 2.43. The molecule has 1 aromatic rings. The van der Waals surface area contributed by atoms with Crippen LogP contribution in [0, 0.1) is 17.7 Å². The Morgan fingerprint density at radius 2 is 2.13 bits per heavy atom. The Bertz CT molecular complexity index is 361. The molecule has 0 spiro atoms. The van der Waals surface area contributed by atoms with Crippen LogP contribution in [0.1, 0.15) is 6.42 Å². The average Bonchev–Trinajstić information content (AvgIpc) is 2.96. The lowest BCUT2D eigenvalue weighted by atomic mass is 10.3. The van der Waals surface area contributed by atoms with Crippen LogP contribution in [0.2, 0.25) is 0 Å². The van der Waals surface area contributed by atoms with Crippen LogP contribution >= 0.6 is 0 Å². The van der Waals surface area contributed by atoms with Gasteiger partial charge in [0.15, 0.2) is 0 Å². The van der Waals surface area contributed by atoms with Crippen LogP contribution in [0.15, 0.2) is 24.3 Å². The van der Waals surface area contributed by atoms with Crippen LogP contribution in [-0.4, -0.2) is 17.7 Å². The van der Waals surface area contributed by atoms with Crippen LogP contribution in [-0.2, 0) is 4.79 Å². The quantitative estimate of drug-likeness (QED) is 0.825. The van der Waals surface area contributed by atoms with Crippen molar-refractivity contribution < 1.29 is 19.0 Å². The Balaban J connectivity index is 1.80. The lowest BCUT2D eigenvalue weighted by Crippen LogP contribution is -2.06. The molecule has 0 aliphatic heterocycles. The highest BCUT2D eigenvalue weighted by molar-refractivity contribution is 5.73. The van der Waals surface area contributed by atoms with E-state index in [1.54, 1.807) is 0 Å². The van der Waals surface area contributed by atoms with Gasteiger partial charge in [0.1, 0.15) is 11.6 Å². The Hall–Kier alpha value is -1.58. The van der Waals surface area contributed by atoms with Gasteiger partial charge in [-0.3, -0.25) is 4.79 Å². The van der Waals surface area contributed by atoms with E-state index in [-0.39, 0.29) is 17.7 Å². The topological polar surface area (TPSA) is 46.5 Å². The summed E-state index contributed by atoms with van der Waals surface area (Å²) in [5.41, 5.74) is 0. The predicted octanol–water partition coefficient (Wildman–Crippen LogP) is 1.93. The lowest BCUT2D eigenvalue weighted by molar-refractivity contribution is -0.138. The maximum Gasteiger partial charge on any atom is 0.306 e. The zero-order valence-electron chi connectivity index (χ0n) is 8.02. The van der Waals surface area contributed by atoms with Crippen molar-refractivity contribution in [1.29, 1.82) is 0 Å². The molecule has 0 amide bonds. The second kappa shape index (κ2) is 3.88. The van der Waals surface area contributed by atoms with E-state index < -0.39 is 5.97 Å². The molecule has 1 saturated carbocycles. The molecule has 80 valence electrons. The van der Waals surface area contributed by atoms with Gasteiger partial charge >= 0.3 is 5.97 Å². The van der Waals surface area contributed by atoms with E-state index in [1.807, 2.05) is 0 Å². The Morgan fingerprint density at radius 1 is 1.47 bits per heavy atom. The summed E-state index contributed by atoms with van der Waals surface area (Å²) in [5.74, 6) is -0.648. The summed E-state index contributed by atoms with van der Waals surface area (Å²) in [7, 11) is 0. The van der Waals surface area contributed by atoms with Crippen LogP contribution in [0.5, 0.6) is 5.75 Å². The summed E-state index contributed by atoms with van der Waals surface area (Å²) >= 11 is 0. The Morgan fingerprint density at radius 3 is 2.67 bits per heavy atom. The molecule has 1 aliphatic rings. The fraction of sp³-hybridized carbons (Fsp3) is 0.364. The Labute approximate surface area is 86.5 Å². The van der Waals surface area contributed by atoms with Gasteiger partial charge in [0, 0.05) is 5.92 Å². The maximum absolute atomic E-state index is 12.5. The zero-order valence-corrected chi connectivity index (χ0v) is 8.02. The standard InChI is InChI=1S/C11H11FO3/c12-8-1-3-9(4-2-8)15-6-7-5-10(7)11(13)14/h1-4,7,10H,5-6H2,(H,13,14)/t7-,10+/m0/s1. The van der Waals surface area contributed by atoms with E-state index >= 15 is 0 Å². The number of halogens is 1. The molecule has 15 heavy (non-hydrogen) atoms. The number of hydrogen-bond acceptors (Lipinski definition) is 2. The van der Waals surface area contributed by atoms with Gasteiger partial charge in [-0.15, -0.1) is 0 Å². The molecule has 0 bridgehead atoms. The van der Waals surface area contributed by atoms with E-state index in [1.165, 1.54) is 24.3 Å². The first-order valence-corrected chi connectivity index (χ1v) is 4.78. The Kier molecular flexibility index (Phi) is 2.58. The smallest absolute Gasteiger partial charge is 0.306 e. The van der Waals surface area contributed by atoms with E-state index in [0.717, 1.165) is 0 Å². The van der Waals surface area contributed by atoms with Crippen molar-refractivity contribution in [3.05, 3.63) is 30.1 Å². The maximum atomic E-state index is 12.5. The largest absolute Gasteiger partial charge is 0.493 e. The third-order valence-electron chi connectivity index (χ3n) is 2.52. The van der Waals surface area contributed by atoms with Crippen LogP contribution in [0.4, 0.5) is 4.39 Å². The van der Waals surface area contributed by atoms with E-state index in [4.69, 9.17) is 9.84 Å². The first-order chi connectivity index (χ1) is 7.16. The van der Waals surface area contributed by atoms with E-state index in [2.05, 4.69) is 0 Å². The van der Waals surface area contributed by atoms with Gasteiger partial charge in [0.05, 0.1) is 12.5 Å². The monoisotopic (exact) mass is 210 g/mol. The molecule has 0 radical (unpaired) electrons. The predicted molar refractivity (Wildman–Crippen MR) is 51.1 cm³/mol. The molecule has 3 nitrogen and oxygen atoms in total. The van der Waals surface area contributed by atoms with Crippen molar-refractivity contribution in [2.45, 2.75) is 6.42 Å². The molecule has 4 heteroatoms. The van der Waals surface area contributed by atoms with Crippen molar-refractivity contribution in [3.63, 3.8) is 0 Å². The first kappa shape index (κ1) is 9.96. The zero-order chi connectivity index (χ0) is 10.8. The number of rotatable bonds is 4. The minimum Gasteiger partial charge on any atom is -0.493 e. The normalized spacial score (nSPS) is 23.5. The van der Waals surface area contributed by atoms with Gasteiger partial charge in [-0.2, -0.15) is 0 Å². The van der Waals surface area contributed by atoms with Crippen molar-refractivity contribution in [2.75, 3.05) is 6.61 Å².